The van der Waals surface area contributed by atoms with Gasteiger partial charge in [-0.1, -0.05) is 48.0 Å². The number of nitrogens with zero attached hydrogens (tertiary/aromatic N) is 3. The quantitative estimate of drug-likeness (QED) is 0.736. The van der Waals surface area contributed by atoms with Gasteiger partial charge in [-0.2, -0.15) is 5.10 Å². The van der Waals surface area contributed by atoms with Gasteiger partial charge >= 0.3 is 0 Å². The fourth-order valence-corrected chi connectivity index (χ4v) is 2.73. The first-order valence-electron chi connectivity index (χ1n) is 7.15. The summed E-state index contributed by atoms with van der Waals surface area (Å²) in [6.07, 6.45) is 3.18. The molecule has 0 radical (unpaired) electrons. The molecule has 0 saturated carbocycles. The van der Waals surface area contributed by atoms with Crippen molar-refractivity contribution in [3.8, 4) is 0 Å². The fourth-order valence-electron chi connectivity index (χ4n) is 2.57. The molecule has 4 nitrogen and oxygen atoms in total. The van der Waals surface area contributed by atoms with Crippen molar-refractivity contribution in [3.63, 3.8) is 0 Å². The van der Waals surface area contributed by atoms with Crippen LogP contribution in [0.5, 0.6) is 0 Å². The zero-order chi connectivity index (χ0) is 15.5. The van der Waals surface area contributed by atoms with Gasteiger partial charge in [-0.25, -0.2) is 0 Å². The van der Waals surface area contributed by atoms with Crippen molar-refractivity contribution in [2.75, 3.05) is 11.4 Å². The molecule has 0 atom stereocenters. The van der Waals surface area contributed by atoms with Gasteiger partial charge in [0.1, 0.15) is 6.54 Å². The maximum absolute atomic E-state index is 12.6. The van der Waals surface area contributed by atoms with Gasteiger partial charge in [-0.15, -0.1) is 0 Å². The standard InChI is InChI=1S/C17H16ClN3O/c1-2-21(17(22)12-20-11-14(18)10-19-20)16-9-5-7-13-6-3-4-8-15(13)16/h3-11H,2,12H2,1H3. The Labute approximate surface area is 133 Å². The van der Waals surface area contributed by atoms with Crippen LogP contribution in [0.3, 0.4) is 0 Å². The molecule has 1 amide bonds. The molecule has 0 saturated heterocycles. The van der Waals surface area contributed by atoms with Gasteiger partial charge in [0.05, 0.1) is 16.9 Å². The smallest absolute Gasteiger partial charge is 0.248 e. The van der Waals surface area contributed by atoms with Gasteiger partial charge in [0, 0.05) is 18.1 Å². The van der Waals surface area contributed by atoms with Gasteiger partial charge in [0.15, 0.2) is 0 Å². The van der Waals surface area contributed by atoms with Crippen LogP contribution in [0.25, 0.3) is 10.8 Å². The summed E-state index contributed by atoms with van der Waals surface area (Å²) in [5.41, 5.74) is 0.920. The summed E-state index contributed by atoms with van der Waals surface area (Å²) in [5, 5.41) is 6.78. The van der Waals surface area contributed by atoms with E-state index in [1.54, 1.807) is 15.8 Å². The molecule has 0 fully saturated rings. The van der Waals surface area contributed by atoms with Crippen molar-refractivity contribution in [3.05, 3.63) is 59.9 Å². The van der Waals surface area contributed by atoms with E-state index in [1.165, 1.54) is 6.20 Å². The third-order valence-electron chi connectivity index (χ3n) is 3.57. The molecule has 1 aromatic heterocycles. The molecule has 0 spiro atoms. The van der Waals surface area contributed by atoms with Crippen molar-refractivity contribution >= 4 is 34.0 Å². The van der Waals surface area contributed by atoms with Crippen LogP contribution in [-0.2, 0) is 11.3 Å². The second-order valence-electron chi connectivity index (χ2n) is 4.99. The molecule has 0 N–H and O–H groups in total. The van der Waals surface area contributed by atoms with E-state index in [1.807, 2.05) is 49.4 Å². The normalized spacial score (nSPS) is 10.8. The Morgan fingerprint density at radius 3 is 2.73 bits per heavy atom. The minimum atomic E-state index is -0.0152. The summed E-state index contributed by atoms with van der Waals surface area (Å²) in [5.74, 6) is -0.0152. The summed E-state index contributed by atoms with van der Waals surface area (Å²) in [4.78, 5) is 14.4. The molecule has 3 aromatic rings. The molecule has 2 aromatic carbocycles. The zero-order valence-electron chi connectivity index (χ0n) is 12.2. The summed E-state index contributed by atoms with van der Waals surface area (Å²) in [6, 6.07) is 14.0. The maximum Gasteiger partial charge on any atom is 0.248 e. The van der Waals surface area contributed by atoms with Crippen molar-refractivity contribution in [1.29, 1.82) is 0 Å². The van der Waals surface area contributed by atoms with Crippen molar-refractivity contribution < 1.29 is 4.79 Å². The number of fused-ring (bicyclic) bond motifs is 1. The molecule has 0 aliphatic heterocycles. The lowest BCUT2D eigenvalue weighted by Crippen LogP contribution is -2.34. The Morgan fingerprint density at radius 1 is 1.23 bits per heavy atom. The second kappa shape index (κ2) is 6.20. The highest BCUT2D eigenvalue weighted by atomic mass is 35.5. The summed E-state index contributed by atoms with van der Waals surface area (Å²) >= 11 is 5.84. The van der Waals surface area contributed by atoms with Crippen LogP contribution < -0.4 is 4.90 Å². The van der Waals surface area contributed by atoms with Gasteiger partial charge < -0.3 is 4.90 Å². The highest BCUT2D eigenvalue weighted by Crippen LogP contribution is 2.26. The summed E-state index contributed by atoms with van der Waals surface area (Å²) in [7, 11) is 0. The van der Waals surface area contributed by atoms with Crippen LogP contribution in [0.15, 0.2) is 54.9 Å². The molecular formula is C17H16ClN3O. The summed E-state index contributed by atoms with van der Waals surface area (Å²) < 4.78 is 1.55. The number of halogens is 1. The van der Waals surface area contributed by atoms with Crippen molar-refractivity contribution in [2.24, 2.45) is 0 Å². The van der Waals surface area contributed by atoms with Gasteiger partial charge in [0.2, 0.25) is 5.91 Å². The van der Waals surface area contributed by atoms with Gasteiger partial charge in [-0.05, 0) is 18.4 Å². The predicted molar refractivity (Wildman–Crippen MR) is 89.2 cm³/mol. The number of rotatable bonds is 4. The number of benzene rings is 2. The van der Waals surface area contributed by atoms with Crippen LogP contribution in [-0.4, -0.2) is 22.2 Å². The lowest BCUT2D eigenvalue weighted by atomic mass is 10.1. The highest BCUT2D eigenvalue weighted by Gasteiger charge is 2.16. The number of hydrogen-bond acceptors (Lipinski definition) is 2. The van der Waals surface area contributed by atoms with Crippen LogP contribution in [0, 0.1) is 0 Å². The number of anilines is 1. The van der Waals surface area contributed by atoms with Crippen molar-refractivity contribution in [2.45, 2.75) is 13.5 Å². The number of carbonyl (C=O) groups is 1. The van der Waals surface area contributed by atoms with E-state index in [9.17, 15) is 4.79 Å². The van der Waals surface area contributed by atoms with Gasteiger partial charge in [0.25, 0.3) is 0 Å². The first kappa shape index (κ1) is 14.6. The number of amides is 1. The van der Waals surface area contributed by atoms with E-state index < -0.39 is 0 Å². The topological polar surface area (TPSA) is 38.1 Å². The zero-order valence-corrected chi connectivity index (χ0v) is 13.0. The van der Waals surface area contributed by atoms with E-state index in [0.717, 1.165) is 16.5 Å². The number of hydrogen-bond donors (Lipinski definition) is 0. The van der Waals surface area contributed by atoms with Crippen LogP contribution in [0.4, 0.5) is 5.69 Å². The molecule has 5 heteroatoms. The maximum atomic E-state index is 12.6. The second-order valence-corrected chi connectivity index (χ2v) is 5.43. The molecule has 0 bridgehead atoms. The molecule has 0 unspecified atom stereocenters. The lowest BCUT2D eigenvalue weighted by Gasteiger charge is -2.22. The monoisotopic (exact) mass is 313 g/mol. The summed E-state index contributed by atoms with van der Waals surface area (Å²) in [6.45, 7) is 2.74. The molecular weight excluding hydrogens is 298 g/mol. The highest BCUT2D eigenvalue weighted by molar-refractivity contribution is 6.30. The lowest BCUT2D eigenvalue weighted by molar-refractivity contribution is -0.119. The van der Waals surface area contributed by atoms with E-state index in [0.29, 0.717) is 11.6 Å². The largest absolute Gasteiger partial charge is 0.310 e. The Bertz CT molecular complexity index is 807. The molecule has 1 heterocycles. The molecule has 112 valence electrons. The SMILES string of the molecule is CCN(C(=O)Cn1cc(Cl)cn1)c1cccc2ccccc12. The van der Waals surface area contributed by atoms with Crippen LogP contribution in [0.1, 0.15) is 6.92 Å². The van der Waals surface area contributed by atoms with E-state index >= 15 is 0 Å². The van der Waals surface area contributed by atoms with Crippen LogP contribution in [0.2, 0.25) is 5.02 Å². The predicted octanol–water partition coefficient (Wildman–Crippen LogP) is 3.74. The molecule has 22 heavy (non-hydrogen) atoms. The third kappa shape index (κ3) is 2.83. The number of carbonyl (C=O) groups excluding carboxylic acids is 1. The Balaban J connectivity index is 1.94. The number of likely N-dealkylation sites (N-methyl/N-ethyl adjacent to an activating group) is 1. The average Bonchev–Trinajstić information content (AvgIpc) is 2.93. The third-order valence-corrected chi connectivity index (χ3v) is 3.77. The molecule has 3 rings (SSSR count). The first-order valence-corrected chi connectivity index (χ1v) is 7.53. The Morgan fingerprint density at radius 2 is 2.00 bits per heavy atom. The average molecular weight is 314 g/mol. The fraction of sp³-hybridized carbons (Fsp3) is 0.176. The first-order chi connectivity index (χ1) is 10.7. The van der Waals surface area contributed by atoms with E-state index in [2.05, 4.69) is 5.10 Å². The molecule has 0 aliphatic rings. The Hall–Kier alpha value is -2.33. The molecule has 0 aliphatic carbocycles. The Kier molecular flexibility index (Phi) is 4.11. The van der Waals surface area contributed by atoms with E-state index in [4.69, 9.17) is 11.6 Å². The number of aromatic nitrogens is 2. The van der Waals surface area contributed by atoms with Gasteiger partial charge in [-0.3, -0.25) is 9.48 Å². The minimum absolute atomic E-state index is 0.0152. The minimum Gasteiger partial charge on any atom is -0.310 e. The van der Waals surface area contributed by atoms with E-state index in [-0.39, 0.29) is 12.5 Å². The van der Waals surface area contributed by atoms with Crippen molar-refractivity contribution in [1.82, 2.24) is 9.78 Å². The van der Waals surface area contributed by atoms with Crippen LogP contribution >= 0.6 is 11.6 Å².